The number of aliphatic imine (C=N–C) groups is 1. The average molecular weight is 446 g/mol. The number of amidine groups is 1. The quantitative estimate of drug-likeness (QED) is 0.688. The molecule has 0 atom stereocenters. The maximum Gasteiger partial charge on any atom is 0.264 e. The van der Waals surface area contributed by atoms with Crippen LogP contribution in [0, 0.1) is 6.92 Å². The first-order chi connectivity index (χ1) is 12.9. The number of amides is 2. The highest BCUT2D eigenvalue weighted by Gasteiger charge is 2.24. The average Bonchev–Trinajstić information content (AvgIpc) is 2.96. The molecule has 1 aliphatic rings. The van der Waals surface area contributed by atoms with Crippen LogP contribution in [0.4, 0.5) is 5.69 Å². The Bertz CT molecular complexity index is 955. The van der Waals surface area contributed by atoms with Crippen molar-refractivity contribution in [2.45, 2.75) is 6.92 Å². The van der Waals surface area contributed by atoms with E-state index in [9.17, 15) is 9.59 Å². The van der Waals surface area contributed by atoms with Crippen LogP contribution >= 0.6 is 27.7 Å². The molecule has 0 aliphatic carbocycles. The lowest BCUT2D eigenvalue weighted by molar-refractivity contribution is -0.120. The summed E-state index contributed by atoms with van der Waals surface area (Å²) in [6.45, 7) is 1.79. The fourth-order valence-corrected chi connectivity index (χ4v) is 3.61. The van der Waals surface area contributed by atoms with Gasteiger partial charge >= 0.3 is 0 Å². The number of primary amides is 1. The molecule has 2 aromatic carbocycles. The second-order valence-corrected chi connectivity index (χ2v) is 7.68. The lowest BCUT2D eigenvalue weighted by atomic mass is 10.2. The number of thioether (sulfide) groups is 1. The smallest absolute Gasteiger partial charge is 0.264 e. The minimum Gasteiger partial charge on any atom is -0.484 e. The number of carbonyl (C=O) groups is 2. The van der Waals surface area contributed by atoms with E-state index in [0.717, 1.165) is 21.3 Å². The summed E-state index contributed by atoms with van der Waals surface area (Å²) < 4.78 is 6.20. The molecule has 3 N–H and O–H groups in total. The summed E-state index contributed by atoms with van der Waals surface area (Å²) in [5, 5.41) is 3.32. The van der Waals surface area contributed by atoms with E-state index < -0.39 is 5.91 Å². The number of carbonyl (C=O) groups excluding carboxylic acids is 2. The highest BCUT2D eigenvalue weighted by Crippen LogP contribution is 2.30. The van der Waals surface area contributed by atoms with Crippen LogP contribution in [0.5, 0.6) is 5.75 Å². The van der Waals surface area contributed by atoms with Crippen LogP contribution in [0.2, 0.25) is 0 Å². The first-order valence-corrected chi connectivity index (χ1v) is 9.58. The molecule has 0 radical (unpaired) electrons. The van der Waals surface area contributed by atoms with Crippen LogP contribution < -0.4 is 15.8 Å². The van der Waals surface area contributed by atoms with Crippen molar-refractivity contribution in [3.63, 3.8) is 0 Å². The Hall–Kier alpha value is -2.58. The Kier molecular flexibility index (Phi) is 5.98. The summed E-state index contributed by atoms with van der Waals surface area (Å²) in [6.07, 6.45) is 1.77. The van der Waals surface area contributed by atoms with Crippen molar-refractivity contribution in [3.8, 4) is 5.75 Å². The van der Waals surface area contributed by atoms with E-state index in [-0.39, 0.29) is 12.5 Å². The molecule has 1 heterocycles. The molecule has 0 saturated carbocycles. The van der Waals surface area contributed by atoms with Crippen LogP contribution in [0.3, 0.4) is 0 Å². The molecular weight excluding hydrogens is 430 g/mol. The van der Waals surface area contributed by atoms with Gasteiger partial charge in [0.15, 0.2) is 11.8 Å². The van der Waals surface area contributed by atoms with Gasteiger partial charge in [0, 0.05) is 4.47 Å². The van der Waals surface area contributed by atoms with Gasteiger partial charge in [-0.1, -0.05) is 28.1 Å². The number of ether oxygens (including phenoxy) is 1. The molecule has 2 aromatic rings. The van der Waals surface area contributed by atoms with Crippen molar-refractivity contribution in [2.75, 3.05) is 6.61 Å². The fraction of sp³-hybridized carbons (Fsp3) is 0.105. The van der Waals surface area contributed by atoms with Gasteiger partial charge in [0.05, 0.1) is 10.6 Å². The first kappa shape index (κ1) is 19.2. The van der Waals surface area contributed by atoms with Crippen molar-refractivity contribution in [2.24, 2.45) is 10.7 Å². The lowest BCUT2D eigenvalue weighted by Gasteiger charge is -2.03. The molecule has 0 aromatic heterocycles. The molecule has 1 saturated heterocycles. The molecule has 1 aliphatic heterocycles. The Morgan fingerprint density at radius 2 is 2.04 bits per heavy atom. The summed E-state index contributed by atoms with van der Waals surface area (Å²) in [5.74, 6) is -0.192. The summed E-state index contributed by atoms with van der Waals surface area (Å²) in [6, 6.07) is 12.8. The van der Waals surface area contributed by atoms with Crippen molar-refractivity contribution in [1.29, 1.82) is 0 Å². The second-order valence-electron chi connectivity index (χ2n) is 5.74. The van der Waals surface area contributed by atoms with E-state index in [4.69, 9.17) is 10.5 Å². The van der Waals surface area contributed by atoms with Crippen molar-refractivity contribution in [1.82, 2.24) is 5.32 Å². The number of rotatable bonds is 5. The molecule has 2 amide bonds. The van der Waals surface area contributed by atoms with Gasteiger partial charge in [-0.25, -0.2) is 4.99 Å². The van der Waals surface area contributed by atoms with Crippen LogP contribution in [0.25, 0.3) is 6.08 Å². The zero-order valence-corrected chi connectivity index (χ0v) is 16.8. The van der Waals surface area contributed by atoms with Crippen molar-refractivity contribution < 1.29 is 14.3 Å². The third kappa shape index (κ3) is 5.21. The number of benzene rings is 2. The molecule has 0 spiro atoms. The number of nitrogens with one attached hydrogen (secondary N) is 1. The SMILES string of the molecule is Cc1cc(Br)ccc1N=C1NC(=O)/C(=C/c2ccc(OCC(N)=O)cc2)S1. The van der Waals surface area contributed by atoms with Crippen molar-refractivity contribution in [3.05, 3.63) is 63.0 Å². The molecule has 8 heteroatoms. The van der Waals surface area contributed by atoms with Gasteiger partial charge in [-0.05, 0) is 66.2 Å². The predicted octanol–water partition coefficient (Wildman–Crippen LogP) is 3.51. The molecule has 1 fully saturated rings. The molecule has 3 rings (SSSR count). The minimum atomic E-state index is -0.534. The van der Waals surface area contributed by atoms with E-state index in [1.807, 2.05) is 25.1 Å². The summed E-state index contributed by atoms with van der Waals surface area (Å²) >= 11 is 4.71. The Balaban J connectivity index is 1.73. The maximum absolute atomic E-state index is 12.2. The van der Waals surface area contributed by atoms with Crippen LogP contribution in [0.1, 0.15) is 11.1 Å². The highest BCUT2D eigenvalue weighted by molar-refractivity contribution is 9.10. The lowest BCUT2D eigenvalue weighted by Crippen LogP contribution is -2.20. The Labute approximate surface area is 169 Å². The largest absolute Gasteiger partial charge is 0.484 e. The normalized spacial score (nSPS) is 16.6. The van der Waals surface area contributed by atoms with Gasteiger partial charge in [0.1, 0.15) is 5.75 Å². The van der Waals surface area contributed by atoms with E-state index in [1.165, 1.54) is 11.8 Å². The number of halogens is 1. The number of aryl methyl sites for hydroxylation is 1. The maximum atomic E-state index is 12.2. The zero-order valence-electron chi connectivity index (χ0n) is 14.4. The number of hydrogen-bond acceptors (Lipinski definition) is 5. The van der Waals surface area contributed by atoms with Crippen molar-refractivity contribution >= 4 is 56.4 Å². The van der Waals surface area contributed by atoms with Gasteiger partial charge in [0.25, 0.3) is 11.8 Å². The number of hydrogen-bond donors (Lipinski definition) is 2. The molecule has 0 unspecified atom stereocenters. The Morgan fingerprint density at radius 1 is 1.30 bits per heavy atom. The van der Waals surface area contributed by atoms with E-state index in [2.05, 4.69) is 26.2 Å². The molecular formula is C19H16BrN3O3S. The second kappa shape index (κ2) is 8.41. The third-order valence-corrected chi connectivity index (χ3v) is 4.99. The summed E-state index contributed by atoms with van der Waals surface area (Å²) in [5.41, 5.74) is 7.69. The van der Waals surface area contributed by atoms with Gasteiger partial charge in [-0.3, -0.25) is 9.59 Å². The highest BCUT2D eigenvalue weighted by atomic mass is 79.9. The minimum absolute atomic E-state index is 0.173. The van der Waals surface area contributed by atoms with Gasteiger partial charge < -0.3 is 15.8 Å². The van der Waals surface area contributed by atoms with Gasteiger partial charge in [-0.15, -0.1) is 0 Å². The standard InChI is InChI=1S/C19H16BrN3O3S/c1-11-8-13(20)4-7-15(11)22-19-23-18(25)16(27-19)9-12-2-5-14(6-3-12)26-10-17(21)24/h2-9H,10H2,1H3,(H2,21,24)(H,22,23,25)/b16-9-. The summed E-state index contributed by atoms with van der Waals surface area (Å²) in [7, 11) is 0. The van der Waals surface area contributed by atoms with Crippen LogP contribution in [-0.4, -0.2) is 23.6 Å². The van der Waals surface area contributed by atoms with Crippen LogP contribution in [0.15, 0.2) is 56.8 Å². The first-order valence-electron chi connectivity index (χ1n) is 7.97. The fourth-order valence-electron chi connectivity index (χ4n) is 2.30. The van der Waals surface area contributed by atoms with Crippen LogP contribution in [-0.2, 0) is 9.59 Å². The van der Waals surface area contributed by atoms with E-state index in [0.29, 0.717) is 15.8 Å². The number of nitrogens with zero attached hydrogens (tertiary/aromatic N) is 1. The molecule has 0 bridgehead atoms. The van der Waals surface area contributed by atoms with Gasteiger partial charge in [0.2, 0.25) is 0 Å². The Morgan fingerprint density at radius 3 is 2.70 bits per heavy atom. The monoisotopic (exact) mass is 445 g/mol. The molecule has 27 heavy (non-hydrogen) atoms. The summed E-state index contributed by atoms with van der Waals surface area (Å²) in [4.78, 5) is 28.0. The topological polar surface area (TPSA) is 93.8 Å². The zero-order chi connectivity index (χ0) is 19.4. The third-order valence-electron chi connectivity index (χ3n) is 3.59. The molecule has 138 valence electrons. The van der Waals surface area contributed by atoms with E-state index in [1.54, 1.807) is 30.3 Å². The van der Waals surface area contributed by atoms with E-state index >= 15 is 0 Å². The predicted molar refractivity (Wildman–Crippen MR) is 111 cm³/mol. The van der Waals surface area contributed by atoms with Gasteiger partial charge in [-0.2, -0.15) is 0 Å². The number of nitrogens with two attached hydrogens (primary N) is 1. The molecule has 6 nitrogen and oxygen atoms in total.